The fourth-order valence-corrected chi connectivity index (χ4v) is 5.98. The summed E-state index contributed by atoms with van der Waals surface area (Å²) in [5.41, 5.74) is 4.51. The van der Waals surface area contributed by atoms with Crippen molar-refractivity contribution in [3.8, 4) is 11.1 Å². The van der Waals surface area contributed by atoms with Crippen LogP contribution in [0.1, 0.15) is 33.7 Å². The number of hydrogen-bond donors (Lipinski definition) is 2. The lowest BCUT2D eigenvalue weighted by Gasteiger charge is -2.17. The van der Waals surface area contributed by atoms with Gasteiger partial charge in [-0.3, -0.25) is 0 Å². The number of carboxylic acid groups (broad SMARTS) is 1. The largest absolute Gasteiger partial charge is 0.480 e. The van der Waals surface area contributed by atoms with E-state index in [1.165, 1.54) is 0 Å². The van der Waals surface area contributed by atoms with Crippen LogP contribution in [0.15, 0.2) is 59.1 Å². The van der Waals surface area contributed by atoms with Crippen LogP contribution in [0.2, 0.25) is 0 Å². The predicted octanol–water partition coefficient (Wildman–Crippen LogP) is 5.61. The first-order valence-corrected chi connectivity index (χ1v) is 11.7. The van der Waals surface area contributed by atoms with E-state index in [4.69, 9.17) is 4.74 Å². The van der Waals surface area contributed by atoms with Gasteiger partial charge in [-0.15, -0.1) is 11.3 Å². The molecule has 1 amide bonds. The molecule has 1 aliphatic rings. The van der Waals surface area contributed by atoms with Crippen molar-refractivity contribution in [1.82, 2.24) is 5.32 Å². The average Bonchev–Trinajstić information content (AvgIpc) is 3.28. The molecule has 0 saturated carbocycles. The summed E-state index contributed by atoms with van der Waals surface area (Å²) >= 11 is 5.04. The lowest BCUT2D eigenvalue weighted by molar-refractivity contribution is -0.139. The Balaban J connectivity index is 1.43. The number of hydrogen-bond acceptors (Lipinski definition) is 4. The van der Waals surface area contributed by atoms with Crippen LogP contribution in [-0.4, -0.2) is 29.8 Å². The minimum Gasteiger partial charge on any atom is -0.480 e. The molecule has 0 aliphatic heterocycles. The van der Waals surface area contributed by atoms with E-state index in [0.29, 0.717) is 0 Å². The molecular weight excluding hydrogens is 478 g/mol. The van der Waals surface area contributed by atoms with E-state index in [1.807, 2.05) is 49.4 Å². The van der Waals surface area contributed by atoms with Gasteiger partial charge >= 0.3 is 12.1 Å². The van der Waals surface area contributed by atoms with Crippen LogP contribution < -0.4 is 5.32 Å². The van der Waals surface area contributed by atoms with Crippen molar-refractivity contribution in [3.05, 3.63) is 80.0 Å². The van der Waals surface area contributed by atoms with Crippen molar-refractivity contribution < 1.29 is 19.4 Å². The second-order valence-electron chi connectivity index (χ2n) is 7.40. The van der Waals surface area contributed by atoms with Crippen molar-refractivity contribution >= 4 is 39.3 Å². The zero-order valence-corrected chi connectivity index (χ0v) is 19.3. The number of carbonyl (C=O) groups excluding carboxylic acids is 1. The van der Waals surface area contributed by atoms with E-state index < -0.39 is 18.1 Å². The van der Waals surface area contributed by atoms with Gasteiger partial charge < -0.3 is 15.2 Å². The number of rotatable bonds is 7. The van der Waals surface area contributed by atoms with Gasteiger partial charge in [-0.05, 0) is 50.7 Å². The zero-order chi connectivity index (χ0) is 22.0. The lowest BCUT2D eigenvalue weighted by Crippen LogP contribution is -2.42. The van der Waals surface area contributed by atoms with Crippen molar-refractivity contribution in [3.63, 3.8) is 0 Å². The molecule has 160 valence electrons. The summed E-state index contributed by atoms with van der Waals surface area (Å²) in [7, 11) is 0. The average molecular weight is 500 g/mol. The molecule has 1 heterocycles. The molecule has 0 radical (unpaired) electrons. The van der Waals surface area contributed by atoms with Gasteiger partial charge in [0.15, 0.2) is 0 Å². The first-order valence-electron chi connectivity index (χ1n) is 10.1. The number of halogens is 1. The normalized spacial score (nSPS) is 13.4. The summed E-state index contributed by atoms with van der Waals surface area (Å²) in [6.45, 7) is 2.20. The van der Waals surface area contributed by atoms with Crippen LogP contribution in [0.3, 0.4) is 0 Å². The second kappa shape index (κ2) is 9.24. The molecule has 2 N–H and O–H groups in total. The summed E-state index contributed by atoms with van der Waals surface area (Å²) in [6.07, 6.45) is 0.353. The summed E-state index contributed by atoms with van der Waals surface area (Å²) in [5, 5.41) is 12.1. The zero-order valence-electron chi connectivity index (χ0n) is 16.9. The molecule has 0 saturated heterocycles. The number of thiophene rings is 1. The maximum atomic E-state index is 12.5. The van der Waals surface area contributed by atoms with Crippen molar-refractivity contribution in [2.45, 2.75) is 31.7 Å². The van der Waals surface area contributed by atoms with E-state index in [2.05, 4.69) is 33.4 Å². The molecule has 1 aromatic heterocycles. The fraction of sp³-hybridized carbons (Fsp3) is 0.250. The highest BCUT2D eigenvalue weighted by molar-refractivity contribution is 9.10. The van der Waals surface area contributed by atoms with E-state index in [9.17, 15) is 14.7 Å². The van der Waals surface area contributed by atoms with E-state index in [-0.39, 0.29) is 18.9 Å². The Morgan fingerprint density at radius 1 is 1.13 bits per heavy atom. The Morgan fingerprint density at radius 3 is 2.29 bits per heavy atom. The monoisotopic (exact) mass is 499 g/mol. The van der Waals surface area contributed by atoms with Crippen molar-refractivity contribution in [2.24, 2.45) is 0 Å². The fourth-order valence-electron chi connectivity index (χ4n) is 3.98. The van der Waals surface area contributed by atoms with Gasteiger partial charge in [-0.25, -0.2) is 9.59 Å². The van der Waals surface area contributed by atoms with Gasteiger partial charge in [0.25, 0.3) is 0 Å². The van der Waals surface area contributed by atoms with Crippen LogP contribution in [-0.2, 0) is 22.4 Å². The molecule has 5 nitrogen and oxygen atoms in total. The Labute approximate surface area is 193 Å². The number of carbonyl (C=O) groups is 2. The number of ether oxygens (including phenoxy) is 1. The second-order valence-corrected chi connectivity index (χ2v) is 9.48. The quantitative estimate of drug-likeness (QED) is 0.443. The molecular formula is C24H22BrNO4S. The standard InChI is InChI=1S/C24H22BrNO4S/c1-2-22-20(25)11-14(31-22)12-21(23(27)28)26-24(29)30-13-19-17-9-5-3-7-15(17)16-8-4-6-10-18(16)19/h3-11,19,21H,2,12-13H2,1H3,(H,26,29)(H,27,28). The summed E-state index contributed by atoms with van der Waals surface area (Å²) < 4.78 is 6.46. The maximum absolute atomic E-state index is 12.5. The van der Waals surface area contributed by atoms with Crippen molar-refractivity contribution in [1.29, 1.82) is 0 Å². The van der Waals surface area contributed by atoms with Gasteiger partial charge in [0.2, 0.25) is 0 Å². The first kappa shape index (κ1) is 21.6. The topological polar surface area (TPSA) is 75.6 Å². The number of carboxylic acids is 1. The molecule has 1 unspecified atom stereocenters. The molecule has 0 spiro atoms. The molecule has 3 aromatic rings. The highest BCUT2D eigenvalue weighted by Crippen LogP contribution is 2.44. The number of benzene rings is 2. The molecule has 2 aromatic carbocycles. The third kappa shape index (κ3) is 4.52. The highest BCUT2D eigenvalue weighted by Gasteiger charge is 2.30. The molecule has 0 bridgehead atoms. The molecule has 31 heavy (non-hydrogen) atoms. The summed E-state index contributed by atoms with van der Waals surface area (Å²) in [6, 6.07) is 17.0. The van der Waals surface area contributed by atoms with Crippen LogP contribution in [0.4, 0.5) is 4.79 Å². The highest BCUT2D eigenvalue weighted by atomic mass is 79.9. The number of amides is 1. The third-order valence-electron chi connectivity index (χ3n) is 5.47. The Hall–Kier alpha value is -2.64. The smallest absolute Gasteiger partial charge is 0.407 e. The number of fused-ring (bicyclic) bond motifs is 3. The maximum Gasteiger partial charge on any atom is 0.407 e. The molecule has 1 aliphatic carbocycles. The summed E-state index contributed by atoms with van der Waals surface area (Å²) in [5.74, 6) is -1.15. The van der Waals surface area contributed by atoms with Gasteiger partial charge in [-0.2, -0.15) is 0 Å². The minimum atomic E-state index is -1.09. The van der Waals surface area contributed by atoms with Gasteiger partial charge in [0.1, 0.15) is 12.6 Å². The number of nitrogens with one attached hydrogen (secondary N) is 1. The van der Waals surface area contributed by atoms with Gasteiger partial charge in [0, 0.05) is 26.6 Å². The van der Waals surface area contributed by atoms with E-state index in [1.54, 1.807) is 11.3 Å². The molecule has 0 fully saturated rings. The first-order chi connectivity index (χ1) is 15.0. The SMILES string of the molecule is CCc1sc(CC(NC(=O)OCC2c3ccccc3-c3ccccc32)C(=O)O)cc1Br. The Kier molecular flexibility index (Phi) is 6.43. The number of alkyl carbamates (subject to hydrolysis) is 1. The number of aliphatic carboxylic acids is 1. The predicted molar refractivity (Wildman–Crippen MR) is 125 cm³/mol. The van der Waals surface area contributed by atoms with Crippen LogP contribution in [0, 0.1) is 0 Å². The molecule has 1 atom stereocenters. The Bertz CT molecular complexity index is 1080. The molecule has 7 heteroatoms. The van der Waals surface area contributed by atoms with Crippen LogP contribution >= 0.6 is 27.3 Å². The molecule has 4 rings (SSSR count). The third-order valence-corrected chi connectivity index (χ3v) is 7.74. The van der Waals surface area contributed by atoms with Crippen LogP contribution in [0.25, 0.3) is 11.1 Å². The van der Waals surface area contributed by atoms with E-state index in [0.717, 1.165) is 42.9 Å². The van der Waals surface area contributed by atoms with Crippen LogP contribution in [0.5, 0.6) is 0 Å². The lowest BCUT2D eigenvalue weighted by atomic mass is 9.98. The summed E-state index contributed by atoms with van der Waals surface area (Å²) in [4.78, 5) is 26.2. The minimum absolute atomic E-state index is 0.0678. The van der Waals surface area contributed by atoms with Gasteiger partial charge in [0.05, 0.1) is 0 Å². The number of aryl methyl sites for hydroxylation is 1. The Morgan fingerprint density at radius 2 is 1.74 bits per heavy atom. The van der Waals surface area contributed by atoms with Crippen molar-refractivity contribution in [2.75, 3.05) is 6.61 Å². The van der Waals surface area contributed by atoms with Gasteiger partial charge in [-0.1, -0.05) is 55.5 Å². The van der Waals surface area contributed by atoms with E-state index >= 15 is 0 Å².